The number of amides is 1. The van der Waals surface area contributed by atoms with E-state index in [1.165, 1.54) is 12.8 Å². The summed E-state index contributed by atoms with van der Waals surface area (Å²) >= 11 is 5.13. The van der Waals surface area contributed by atoms with E-state index in [0.29, 0.717) is 0 Å². The third-order valence-corrected chi connectivity index (χ3v) is 2.01. The standard InChI is InChI=1S/C6H10ClNO/c7-8-6(9)5-3-1-2-4-5/h5H,1-4H2,(H,8,9). The van der Waals surface area contributed by atoms with Gasteiger partial charge in [0.2, 0.25) is 5.91 Å². The number of hydrogen-bond donors (Lipinski definition) is 1. The molecule has 0 aromatic heterocycles. The Morgan fingerprint density at radius 3 is 2.44 bits per heavy atom. The molecule has 1 aliphatic rings. The summed E-state index contributed by atoms with van der Waals surface area (Å²) in [5.74, 6) is 0.191. The molecule has 0 saturated heterocycles. The molecule has 2 nitrogen and oxygen atoms in total. The molecule has 0 bridgehead atoms. The van der Waals surface area contributed by atoms with Gasteiger partial charge in [0.05, 0.1) is 0 Å². The second-order valence-corrected chi connectivity index (χ2v) is 2.63. The number of hydrogen-bond acceptors (Lipinski definition) is 1. The quantitative estimate of drug-likeness (QED) is 0.559. The lowest BCUT2D eigenvalue weighted by molar-refractivity contribution is -0.123. The first-order chi connectivity index (χ1) is 4.34. The van der Waals surface area contributed by atoms with Gasteiger partial charge < -0.3 is 0 Å². The van der Waals surface area contributed by atoms with Crippen molar-refractivity contribution in [3.63, 3.8) is 0 Å². The van der Waals surface area contributed by atoms with Crippen molar-refractivity contribution in [1.29, 1.82) is 0 Å². The van der Waals surface area contributed by atoms with Gasteiger partial charge in [0.15, 0.2) is 0 Å². The smallest absolute Gasteiger partial charge is 0.237 e. The molecule has 0 unspecified atom stereocenters. The third-order valence-electron chi connectivity index (χ3n) is 1.82. The minimum atomic E-state index is -0.00540. The van der Waals surface area contributed by atoms with Gasteiger partial charge in [0, 0.05) is 17.7 Å². The van der Waals surface area contributed by atoms with Crippen LogP contribution in [0.1, 0.15) is 25.7 Å². The molecular weight excluding hydrogens is 138 g/mol. The van der Waals surface area contributed by atoms with Crippen LogP contribution in [0.3, 0.4) is 0 Å². The van der Waals surface area contributed by atoms with Crippen LogP contribution in [0.15, 0.2) is 0 Å². The zero-order valence-electron chi connectivity index (χ0n) is 5.19. The second-order valence-electron chi connectivity index (χ2n) is 2.44. The van der Waals surface area contributed by atoms with Crippen molar-refractivity contribution in [2.24, 2.45) is 5.92 Å². The van der Waals surface area contributed by atoms with E-state index in [9.17, 15) is 4.79 Å². The Morgan fingerprint density at radius 1 is 1.44 bits per heavy atom. The van der Waals surface area contributed by atoms with Crippen LogP contribution in [-0.2, 0) is 4.79 Å². The van der Waals surface area contributed by atoms with Gasteiger partial charge in [-0.3, -0.25) is 9.63 Å². The molecule has 0 aliphatic heterocycles. The molecule has 1 aliphatic carbocycles. The van der Waals surface area contributed by atoms with Crippen LogP contribution in [0.2, 0.25) is 0 Å². The SMILES string of the molecule is O=C(NCl)C1CCCC1. The van der Waals surface area contributed by atoms with E-state index in [2.05, 4.69) is 4.84 Å². The fourth-order valence-electron chi connectivity index (χ4n) is 1.27. The van der Waals surface area contributed by atoms with Crippen molar-refractivity contribution < 1.29 is 4.79 Å². The maximum atomic E-state index is 10.8. The highest BCUT2D eigenvalue weighted by Crippen LogP contribution is 2.24. The first kappa shape index (κ1) is 6.87. The van der Waals surface area contributed by atoms with Gasteiger partial charge in [0.1, 0.15) is 0 Å². The molecule has 0 aromatic rings. The minimum Gasteiger partial charge on any atom is -0.273 e. The summed E-state index contributed by atoms with van der Waals surface area (Å²) < 4.78 is 0. The molecular formula is C6H10ClNO. The highest BCUT2D eigenvalue weighted by Gasteiger charge is 2.21. The van der Waals surface area contributed by atoms with Crippen molar-refractivity contribution in [3.8, 4) is 0 Å². The summed E-state index contributed by atoms with van der Waals surface area (Å²) in [6.45, 7) is 0. The summed E-state index contributed by atoms with van der Waals surface area (Å²) in [4.78, 5) is 12.9. The van der Waals surface area contributed by atoms with E-state index in [1.807, 2.05) is 0 Å². The van der Waals surface area contributed by atoms with Crippen LogP contribution in [-0.4, -0.2) is 5.91 Å². The fraction of sp³-hybridized carbons (Fsp3) is 0.833. The Labute approximate surface area is 59.7 Å². The van der Waals surface area contributed by atoms with Crippen LogP contribution in [0.4, 0.5) is 0 Å². The number of carbonyl (C=O) groups is 1. The molecule has 1 rings (SSSR count). The molecule has 0 atom stereocenters. The molecule has 0 spiro atoms. The van der Waals surface area contributed by atoms with Crippen LogP contribution in [0.5, 0.6) is 0 Å². The molecule has 1 saturated carbocycles. The highest BCUT2D eigenvalue weighted by molar-refractivity contribution is 6.21. The largest absolute Gasteiger partial charge is 0.273 e. The molecule has 1 amide bonds. The Bertz CT molecular complexity index is 110. The Balaban J connectivity index is 2.32. The van der Waals surface area contributed by atoms with Crippen molar-refractivity contribution in [2.45, 2.75) is 25.7 Å². The van der Waals surface area contributed by atoms with E-state index in [0.717, 1.165) is 12.8 Å². The van der Waals surface area contributed by atoms with E-state index in [1.54, 1.807) is 0 Å². The third kappa shape index (κ3) is 1.58. The fourth-order valence-corrected chi connectivity index (χ4v) is 1.42. The zero-order chi connectivity index (χ0) is 6.69. The Morgan fingerprint density at radius 2 is 2.00 bits per heavy atom. The summed E-state index contributed by atoms with van der Waals surface area (Å²) in [5.41, 5.74) is 0. The van der Waals surface area contributed by atoms with E-state index in [-0.39, 0.29) is 11.8 Å². The maximum Gasteiger partial charge on any atom is 0.237 e. The maximum absolute atomic E-state index is 10.8. The minimum absolute atomic E-state index is 0.00540. The van der Waals surface area contributed by atoms with E-state index < -0.39 is 0 Å². The average Bonchev–Trinajstić information content (AvgIpc) is 2.37. The Kier molecular flexibility index (Phi) is 2.34. The molecule has 9 heavy (non-hydrogen) atoms. The van der Waals surface area contributed by atoms with Gasteiger partial charge >= 0.3 is 0 Å². The van der Waals surface area contributed by atoms with Crippen LogP contribution in [0.25, 0.3) is 0 Å². The van der Waals surface area contributed by atoms with Crippen LogP contribution < -0.4 is 4.84 Å². The van der Waals surface area contributed by atoms with Crippen LogP contribution >= 0.6 is 11.8 Å². The molecule has 52 valence electrons. The summed E-state index contributed by atoms with van der Waals surface area (Å²) in [6.07, 6.45) is 4.38. The van der Waals surface area contributed by atoms with Crippen molar-refractivity contribution in [2.75, 3.05) is 0 Å². The molecule has 0 aromatic carbocycles. The molecule has 3 heteroatoms. The zero-order valence-corrected chi connectivity index (χ0v) is 5.95. The number of nitrogens with one attached hydrogen (secondary N) is 1. The van der Waals surface area contributed by atoms with Crippen molar-refractivity contribution in [1.82, 2.24) is 4.84 Å². The van der Waals surface area contributed by atoms with E-state index >= 15 is 0 Å². The van der Waals surface area contributed by atoms with Crippen molar-refractivity contribution in [3.05, 3.63) is 0 Å². The molecule has 0 radical (unpaired) electrons. The number of rotatable bonds is 1. The number of carbonyl (C=O) groups excluding carboxylic acids is 1. The lowest BCUT2D eigenvalue weighted by Gasteiger charge is -2.02. The monoisotopic (exact) mass is 147 g/mol. The van der Waals surface area contributed by atoms with Gasteiger partial charge in [-0.05, 0) is 12.8 Å². The number of halogens is 1. The van der Waals surface area contributed by atoms with Gasteiger partial charge in [0.25, 0.3) is 0 Å². The molecule has 1 fully saturated rings. The summed E-state index contributed by atoms with van der Waals surface area (Å²) in [7, 11) is 0. The predicted octanol–water partition coefficient (Wildman–Crippen LogP) is 1.45. The highest BCUT2D eigenvalue weighted by atomic mass is 35.5. The van der Waals surface area contributed by atoms with Gasteiger partial charge in [-0.1, -0.05) is 12.8 Å². The average molecular weight is 148 g/mol. The predicted molar refractivity (Wildman–Crippen MR) is 36.0 cm³/mol. The van der Waals surface area contributed by atoms with Gasteiger partial charge in [-0.15, -0.1) is 0 Å². The van der Waals surface area contributed by atoms with E-state index in [4.69, 9.17) is 11.8 Å². The first-order valence-corrected chi connectivity index (χ1v) is 3.63. The summed E-state index contributed by atoms with van der Waals surface area (Å²) in [6, 6.07) is 0. The topological polar surface area (TPSA) is 29.1 Å². The van der Waals surface area contributed by atoms with Crippen LogP contribution in [0, 0.1) is 5.92 Å². The summed E-state index contributed by atoms with van der Waals surface area (Å²) in [5, 5.41) is 0. The van der Waals surface area contributed by atoms with Gasteiger partial charge in [-0.25, -0.2) is 0 Å². The lowest BCUT2D eigenvalue weighted by Crippen LogP contribution is -2.20. The normalized spacial score (nSPS) is 20.1. The lowest BCUT2D eigenvalue weighted by atomic mass is 10.1. The first-order valence-electron chi connectivity index (χ1n) is 3.25. The molecule has 0 heterocycles. The van der Waals surface area contributed by atoms with Crippen molar-refractivity contribution >= 4 is 17.7 Å². The van der Waals surface area contributed by atoms with Gasteiger partial charge in [-0.2, -0.15) is 0 Å². The molecule has 1 N–H and O–H groups in total. The Hall–Kier alpha value is -0.240. The second kappa shape index (κ2) is 3.06.